The summed E-state index contributed by atoms with van der Waals surface area (Å²) in [4.78, 5) is 28.9. The lowest BCUT2D eigenvalue weighted by Crippen LogP contribution is -2.19. The highest BCUT2D eigenvalue weighted by molar-refractivity contribution is 7.97. The number of aromatic nitrogens is 2. The number of carboxylic acid groups (broad SMARTS) is 1. The Morgan fingerprint density at radius 2 is 2.11 bits per heavy atom. The van der Waals surface area contributed by atoms with Gasteiger partial charge in [-0.15, -0.1) is 0 Å². The molecule has 0 saturated heterocycles. The fourth-order valence-electron chi connectivity index (χ4n) is 3.97. The van der Waals surface area contributed by atoms with Crippen LogP contribution in [-0.4, -0.2) is 27.7 Å². The number of nitrogens with zero attached hydrogens (tertiary/aromatic N) is 2. The van der Waals surface area contributed by atoms with Crippen LogP contribution in [0.4, 0.5) is 5.82 Å². The summed E-state index contributed by atoms with van der Waals surface area (Å²) in [6.07, 6.45) is 5.46. The van der Waals surface area contributed by atoms with Gasteiger partial charge in [0.25, 0.3) is 0 Å². The SMILES string of the molecule is CNc1cc2c(cn1)-c1ccc3c(=O)c(C(=O)O)cn(C4CC4)c3c1CSC2. The highest BCUT2D eigenvalue weighted by atomic mass is 32.2. The van der Waals surface area contributed by atoms with E-state index >= 15 is 0 Å². The van der Waals surface area contributed by atoms with Gasteiger partial charge in [-0.1, -0.05) is 6.07 Å². The van der Waals surface area contributed by atoms with E-state index in [2.05, 4.69) is 16.4 Å². The van der Waals surface area contributed by atoms with Crippen LogP contribution in [0.3, 0.4) is 0 Å². The molecular formula is C21H19N3O3S. The number of aromatic carboxylic acids is 1. The molecule has 0 amide bonds. The Balaban J connectivity index is 1.84. The lowest BCUT2D eigenvalue weighted by Gasteiger charge is -2.17. The topological polar surface area (TPSA) is 84.2 Å². The third-order valence-electron chi connectivity index (χ3n) is 5.51. The molecule has 1 aliphatic heterocycles. The van der Waals surface area contributed by atoms with Crippen LogP contribution in [0, 0.1) is 0 Å². The number of hydrogen-bond acceptors (Lipinski definition) is 5. The van der Waals surface area contributed by atoms with Gasteiger partial charge in [-0.05, 0) is 41.7 Å². The molecule has 1 aliphatic carbocycles. The van der Waals surface area contributed by atoms with Crippen LogP contribution in [0.2, 0.25) is 0 Å². The molecule has 0 spiro atoms. The third kappa shape index (κ3) is 2.61. The molecule has 1 saturated carbocycles. The second kappa shape index (κ2) is 6.38. The number of benzene rings is 1. The minimum Gasteiger partial charge on any atom is -0.477 e. The van der Waals surface area contributed by atoms with Crippen LogP contribution in [0.15, 0.2) is 35.4 Å². The maximum atomic E-state index is 12.8. The van der Waals surface area contributed by atoms with Crippen LogP contribution in [0.25, 0.3) is 22.0 Å². The van der Waals surface area contributed by atoms with Gasteiger partial charge in [0.2, 0.25) is 5.43 Å². The smallest absolute Gasteiger partial charge is 0.341 e. The summed E-state index contributed by atoms with van der Waals surface area (Å²) in [7, 11) is 1.86. The summed E-state index contributed by atoms with van der Waals surface area (Å²) in [6.45, 7) is 0. The van der Waals surface area contributed by atoms with Crippen LogP contribution in [0.1, 0.15) is 40.4 Å². The minimum atomic E-state index is -1.17. The quantitative estimate of drug-likeness (QED) is 0.702. The summed E-state index contributed by atoms with van der Waals surface area (Å²) >= 11 is 1.81. The Kier molecular flexibility index (Phi) is 3.94. The van der Waals surface area contributed by atoms with Crippen molar-refractivity contribution in [1.29, 1.82) is 0 Å². The van der Waals surface area contributed by atoms with Crippen molar-refractivity contribution in [2.45, 2.75) is 30.4 Å². The van der Waals surface area contributed by atoms with Gasteiger partial charge >= 0.3 is 5.97 Å². The first-order valence-corrected chi connectivity index (χ1v) is 10.4. The van der Waals surface area contributed by atoms with Gasteiger partial charge < -0.3 is 15.0 Å². The first-order chi connectivity index (χ1) is 13.6. The summed E-state index contributed by atoms with van der Waals surface area (Å²) < 4.78 is 2.03. The van der Waals surface area contributed by atoms with Crippen LogP contribution in [0.5, 0.6) is 0 Å². The van der Waals surface area contributed by atoms with Crippen molar-refractivity contribution in [2.24, 2.45) is 0 Å². The Labute approximate surface area is 165 Å². The first kappa shape index (κ1) is 17.3. The third-order valence-corrected chi connectivity index (χ3v) is 6.52. The molecule has 0 bridgehead atoms. The summed E-state index contributed by atoms with van der Waals surface area (Å²) in [5.74, 6) is 1.31. The standard InChI is InChI=1S/C21H19N3O3S/c1-22-18-6-11-9-28-10-17-13(15(11)7-23-18)4-5-14-19(17)24(12-2-3-12)8-16(20(14)25)21(26)27/h4-8,12H,2-3,9-10H2,1H3,(H,22,23)(H,26,27). The predicted octanol–water partition coefficient (Wildman–Crippen LogP) is 3.89. The normalized spacial score (nSPS) is 15.6. The molecule has 2 aromatic heterocycles. The van der Waals surface area contributed by atoms with Crippen molar-refractivity contribution < 1.29 is 9.90 Å². The average molecular weight is 393 g/mol. The Morgan fingerprint density at radius 3 is 2.82 bits per heavy atom. The van der Waals surface area contributed by atoms with Gasteiger partial charge in [-0.25, -0.2) is 9.78 Å². The number of hydrogen-bond donors (Lipinski definition) is 2. The molecule has 2 aliphatic rings. The van der Waals surface area contributed by atoms with E-state index in [0.717, 1.165) is 52.4 Å². The Morgan fingerprint density at radius 1 is 1.29 bits per heavy atom. The van der Waals surface area contributed by atoms with E-state index in [1.807, 2.05) is 23.9 Å². The van der Waals surface area contributed by atoms with Crippen LogP contribution < -0.4 is 10.7 Å². The number of carbonyl (C=O) groups is 1. The van der Waals surface area contributed by atoms with E-state index < -0.39 is 11.4 Å². The maximum Gasteiger partial charge on any atom is 0.341 e. The van der Waals surface area contributed by atoms with Gasteiger partial charge in [0, 0.05) is 47.9 Å². The number of pyridine rings is 2. The van der Waals surface area contributed by atoms with E-state index in [-0.39, 0.29) is 11.6 Å². The zero-order chi connectivity index (χ0) is 19.4. The van der Waals surface area contributed by atoms with Gasteiger partial charge in [-0.3, -0.25) is 4.79 Å². The number of carboxylic acids is 1. The highest BCUT2D eigenvalue weighted by Crippen LogP contribution is 2.43. The van der Waals surface area contributed by atoms with Crippen molar-refractivity contribution in [3.05, 3.63) is 57.5 Å². The van der Waals surface area contributed by atoms with Gasteiger partial charge in [0.05, 0.1) is 5.52 Å². The average Bonchev–Trinajstić information content (AvgIpc) is 3.54. The largest absolute Gasteiger partial charge is 0.477 e. The van der Waals surface area contributed by atoms with E-state index in [4.69, 9.17) is 0 Å². The molecule has 0 unspecified atom stereocenters. The second-order valence-corrected chi connectivity index (χ2v) is 8.26. The Bertz CT molecular complexity index is 1200. The molecule has 7 heteroatoms. The molecule has 6 nitrogen and oxygen atoms in total. The molecule has 3 aromatic rings. The zero-order valence-electron chi connectivity index (χ0n) is 15.4. The molecule has 2 N–H and O–H groups in total. The van der Waals surface area contributed by atoms with Gasteiger partial charge in [0.1, 0.15) is 11.4 Å². The zero-order valence-corrected chi connectivity index (χ0v) is 16.2. The minimum absolute atomic E-state index is 0.152. The maximum absolute atomic E-state index is 12.8. The predicted molar refractivity (Wildman–Crippen MR) is 111 cm³/mol. The van der Waals surface area contributed by atoms with E-state index in [1.165, 1.54) is 5.56 Å². The van der Waals surface area contributed by atoms with Crippen LogP contribution in [-0.2, 0) is 11.5 Å². The number of nitrogens with one attached hydrogen (secondary N) is 1. The molecule has 1 fully saturated rings. The summed E-state index contributed by atoms with van der Waals surface area (Å²) in [6, 6.07) is 6.08. The molecular weight excluding hydrogens is 374 g/mol. The van der Waals surface area contributed by atoms with Crippen molar-refractivity contribution in [3.8, 4) is 11.1 Å². The second-order valence-electron chi connectivity index (χ2n) is 7.27. The lowest BCUT2D eigenvalue weighted by atomic mass is 9.95. The first-order valence-electron chi connectivity index (χ1n) is 9.27. The number of fused-ring (bicyclic) bond motifs is 5. The van der Waals surface area contributed by atoms with Crippen molar-refractivity contribution >= 4 is 34.5 Å². The molecule has 0 radical (unpaired) electrons. The van der Waals surface area contributed by atoms with Gasteiger partial charge in [-0.2, -0.15) is 11.8 Å². The summed E-state index contributed by atoms with van der Waals surface area (Å²) in [5, 5.41) is 13.1. The fourth-order valence-corrected chi connectivity index (χ4v) is 5.03. The number of rotatable bonds is 3. The molecule has 142 valence electrons. The van der Waals surface area contributed by atoms with Crippen LogP contribution >= 0.6 is 11.8 Å². The molecule has 0 atom stereocenters. The molecule has 1 aromatic carbocycles. The van der Waals surface area contributed by atoms with E-state index in [9.17, 15) is 14.7 Å². The Hall–Kier alpha value is -2.80. The van der Waals surface area contributed by atoms with Crippen molar-refractivity contribution in [2.75, 3.05) is 12.4 Å². The van der Waals surface area contributed by atoms with Crippen molar-refractivity contribution in [3.63, 3.8) is 0 Å². The molecule has 3 heterocycles. The highest BCUT2D eigenvalue weighted by Gasteiger charge is 2.29. The monoisotopic (exact) mass is 393 g/mol. The van der Waals surface area contributed by atoms with E-state index in [0.29, 0.717) is 5.39 Å². The fraction of sp³-hybridized carbons (Fsp3) is 0.286. The molecule has 5 rings (SSSR count). The number of thioether (sulfide) groups is 1. The number of anilines is 1. The van der Waals surface area contributed by atoms with Crippen molar-refractivity contribution in [1.82, 2.24) is 9.55 Å². The lowest BCUT2D eigenvalue weighted by molar-refractivity contribution is 0.0695. The van der Waals surface area contributed by atoms with E-state index in [1.54, 1.807) is 24.0 Å². The molecule has 28 heavy (non-hydrogen) atoms. The summed E-state index contributed by atoms with van der Waals surface area (Å²) in [5.41, 5.74) is 4.80. The van der Waals surface area contributed by atoms with Gasteiger partial charge in [0.15, 0.2) is 0 Å².